The number of benzene rings is 2. The highest BCUT2D eigenvalue weighted by Gasteiger charge is 2.42. The van der Waals surface area contributed by atoms with E-state index in [9.17, 15) is 26.4 Å². The Kier molecular flexibility index (Phi) is 7.98. The second-order valence-corrected chi connectivity index (χ2v) is 11.4. The fourth-order valence-electron chi connectivity index (χ4n) is 4.34. The van der Waals surface area contributed by atoms with Gasteiger partial charge in [0, 0.05) is 25.7 Å². The van der Waals surface area contributed by atoms with Crippen LogP contribution >= 0.6 is 11.3 Å². The predicted octanol–water partition coefficient (Wildman–Crippen LogP) is 4.24. The van der Waals surface area contributed by atoms with Gasteiger partial charge >= 0.3 is 0 Å². The summed E-state index contributed by atoms with van der Waals surface area (Å²) in [4.78, 5) is 21.5. The first-order valence-electron chi connectivity index (χ1n) is 11.7. The maximum atomic E-state index is 14.4. The van der Waals surface area contributed by atoms with Crippen molar-refractivity contribution in [3.05, 3.63) is 53.8 Å². The summed E-state index contributed by atoms with van der Waals surface area (Å²) in [6, 6.07) is 5.37. The van der Waals surface area contributed by atoms with Crippen LogP contribution in [0.4, 0.5) is 18.3 Å². The fraction of sp³-hybridized carbons (Fsp3) is 0.417. The number of thiazole rings is 1. The van der Waals surface area contributed by atoms with Crippen LogP contribution < -0.4 is 4.90 Å². The molecule has 0 spiro atoms. The molecule has 7 nitrogen and oxygen atoms in total. The molecule has 0 aliphatic carbocycles. The Hall–Kier alpha value is -2.54. The van der Waals surface area contributed by atoms with Crippen LogP contribution in [0, 0.1) is 17.5 Å². The number of amides is 1. The minimum Gasteiger partial charge on any atom is -0.302 e. The number of sulfonamides is 1. The standard InChI is InChI=1S/C24H27F3N4O3S2/c1-3-29(4-2)12-13-30(24-28-22-19(27)14-17(26)15-21(22)35-24)23(32)20-6-5-11-31(20)36(33,34)18-9-7-16(25)8-10-18/h7-10,14-15,20H,3-6,11-13H2,1-2H3. The summed E-state index contributed by atoms with van der Waals surface area (Å²) >= 11 is 0.980. The summed E-state index contributed by atoms with van der Waals surface area (Å²) in [6.07, 6.45) is 0.773. The van der Waals surface area contributed by atoms with E-state index in [1.54, 1.807) is 0 Å². The molecule has 36 heavy (non-hydrogen) atoms. The lowest BCUT2D eigenvalue weighted by molar-refractivity contribution is -0.121. The van der Waals surface area contributed by atoms with E-state index in [0.29, 0.717) is 19.4 Å². The molecule has 0 radical (unpaired) electrons. The van der Waals surface area contributed by atoms with Crippen molar-refractivity contribution < 1.29 is 26.4 Å². The molecule has 3 aromatic rings. The topological polar surface area (TPSA) is 73.8 Å². The van der Waals surface area contributed by atoms with E-state index in [0.717, 1.165) is 53.0 Å². The number of fused-ring (bicyclic) bond motifs is 1. The van der Waals surface area contributed by atoms with Crippen LogP contribution in [0.15, 0.2) is 41.3 Å². The van der Waals surface area contributed by atoms with Gasteiger partial charge in [0.2, 0.25) is 15.9 Å². The molecule has 1 atom stereocenters. The van der Waals surface area contributed by atoms with Crippen molar-refractivity contribution in [2.75, 3.05) is 37.6 Å². The lowest BCUT2D eigenvalue weighted by Crippen LogP contribution is -2.49. The number of nitrogens with zero attached hydrogens (tertiary/aromatic N) is 4. The summed E-state index contributed by atoms with van der Waals surface area (Å²) in [5.74, 6) is -2.62. The third-order valence-corrected chi connectivity index (χ3v) is 9.29. The molecule has 1 aliphatic rings. The number of carbonyl (C=O) groups is 1. The molecule has 194 valence electrons. The summed E-state index contributed by atoms with van der Waals surface area (Å²) in [7, 11) is -4.06. The van der Waals surface area contributed by atoms with Crippen LogP contribution in [0.2, 0.25) is 0 Å². The smallest absolute Gasteiger partial charge is 0.247 e. The third kappa shape index (κ3) is 5.26. The number of carbonyl (C=O) groups excluding carboxylic acids is 1. The Morgan fingerprint density at radius 1 is 1.08 bits per heavy atom. The molecule has 4 rings (SSSR count). The molecular weight excluding hydrogens is 513 g/mol. The molecular formula is C24H27F3N4O3S2. The van der Waals surface area contributed by atoms with Crippen molar-refractivity contribution in [3.8, 4) is 0 Å². The molecule has 0 bridgehead atoms. The average Bonchev–Trinajstić information content (AvgIpc) is 3.50. The van der Waals surface area contributed by atoms with E-state index < -0.39 is 39.4 Å². The maximum absolute atomic E-state index is 14.4. The zero-order valence-electron chi connectivity index (χ0n) is 20.0. The molecule has 2 aromatic carbocycles. The van der Waals surface area contributed by atoms with Crippen molar-refractivity contribution >= 4 is 42.6 Å². The number of likely N-dealkylation sites (N-methyl/N-ethyl adjacent to an activating group) is 1. The van der Waals surface area contributed by atoms with Gasteiger partial charge < -0.3 is 4.90 Å². The molecule has 2 heterocycles. The van der Waals surface area contributed by atoms with E-state index >= 15 is 0 Å². The monoisotopic (exact) mass is 540 g/mol. The zero-order chi connectivity index (χ0) is 26.0. The minimum absolute atomic E-state index is 0.0424. The Morgan fingerprint density at radius 2 is 1.78 bits per heavy atom. The maximum Gasteiger partial charge on any atom is 0.247 e. The first-order valence-corrected chi connectivity index (χ1v) is 14.0. The number of rotatable bonds is 9. The number of hydrogen-bond acceptors (Lipinski definition) is 6. The lowest BCUT2D eigenvalue weighted by Gasteiger charge is -2.30. The second kappa shape index (κ2) is 10.8. The average molecular weight is 541 g/mol. The Balaban J connectivity index is 1.69. The third-order valence-electron chi connectivity index (χ3n) is 6.34. The van der Waals surface area contributed by atoms with E-state index in [1.165, 1.54) is 17.0 Å². The van der Waals surface area contributed by atoms with Gasteiger partial charge in [0.05, 0.1) is 9.60 Å². The van der Waals surface area contributed by atoms with Crippen molar-refractivity contribution in [3.63, 3.8) is 0 Å². The summed E-state index contributed by atoms with van der Waals surface area (Å²) in [5.41, 5.74) is -0.0424. The molecule has 0 saturated carbocycles. The van der Waals surface area contributed by atoms with Crippen LogP contribution in [0.25, 0.3) is 10.2 Å². The first-order chi connectivity index (χ1) is 17.1. The van der Waals surface area contributed by atoms with Crippen LogP contribution in [0.3, 0.4) is 0 Å². The van der Waals surface area contributed by atoms with E-state index in [4.69, 9.17) is 0 Å². The van der Waals surface area contributed by atoms with Gasteiger partial charge in [0.15, 0.2) is 10.9 Å². The number of aromatic nitrogens is 1. The van der Waals surface area contributed by atoms with Gasteiger partial charge in [-0.3, -0.25) is 9.69 Å². The predicted molar refractivity (Wildman–Crippen MR) is 133 cm³/mol. The fourth-order valence-corrected chi connectivity index (χ4v) is 7.03. The Bertz CT molecular complexity index is 1340. The van der Waals surface area contributed by atoms with Crippen LogP contribution in [-0.4, -0.2) is 67.3 Å². The van der Waals surface area contributed by atoms with Crippen LogP contribution in [-0.2, 0) is 14.8 Å². The Labute approximate surface area is 212 Å². The first kappa shape index (κ1) is 26.5. The minimum atomic E-state index is -4.06. The van der Waals surface area contributed by atoms with E-state index in [-0.39, 0.29) is 33.3 Å². The van der Waals surface area contributed by atoms with Gasteiger partial charge in [0.1, 0.15) is 23.2 Å². The highest BCUT2D eigenvalue weighted by atomic mass is 32.2. The summed E-state index contributed by atoms with van der Waals surface area (Å²) in [5, 5.41) is 0.178. The van der Waals surface area contributed by atoms with Crippen LogP contribution in [0.1, 0.15) is 26.7 Å². The zero-order valence-corrected chi connectivity index (χ0v) is 21.6. The summed E-state index contributed by atoms with van der Waals surface area (Å²) < 4.78 is 69.6. The van der Waals surface area contributed by atoms with Crippen molar-refractivity contribution in [2.45, 2.75) is 37.6 Å². The van der Waals surface area contributed by atoms with Crippen molar-refractivity contribution in [2.24, 2.45) is 0 Å². The van der Waals surface area contributed by atoms with Gasteiger partial charge in [-0.1, -0.05) is 25.2 Å². The largest absolute Gasteiger partial charge is 0.302 e. The normalized spacial score (nSPS) is 16.8. The van der Waals surface area contributed by atoms with Gasteiger partial charge in [0.25, 0.3) is 0 Å². The SMILES string of the molecule is CCN(CC)CCN(C(=O)C1CCCN1S(=O)(=O)c1ccc(F)cc1)c1nc2c(F)cc(F)cc2s1. The molecule has 1 unspecified atom stereocenters. The van der Waals surface area contributed by atoms with Crippen LogP contribution in [0.5, 0.6) is 0 Å². The second-order valence-electron chi connectivity index (χ2n) is 8.48. The Morgan fingerprint density at radius 3 is 2.44 bits per heavy atom. The van der Waals surface area contributed by atoms with Crippen molar-refractivity contribution in [1.82, 2.24) is 14.2 Å². The molecule has 1 saturated heterocycles. The molecule has 12 heteroatoms. The van der Waals surface area contributed by atoms with Gasteiger partial charge in [-0.2, -0.15) is 4.31 Å². The molecule has 1 aliphatic heterocycles. The number of anilines is 1. The highest BCUT2D eigenvalue weighted by Crippen LogP contribution is 2.34. The molecule has 1 fully saturated rings. The van der Waals surface area contributed by atoms with E-state index in [1.807, 2.05) is 13.8 Å². The quantitative estimate of drug-likeness (QED) is 0.406. The summed E-state index contributed by atoms with van der Waals surface area (Å²) in [6.45, 7) is 6.28. The van der Waals surface area contributed by atoms with Gasteiger partial charge in [-0.15, -0.1) is 0 Å². The highest BCUT2D eigenvalue weighted by molar-refractivity contribution is 7.89. The number of hydrogen-bond donors (Lipinski definition) is 0. The van der Waals surface area contributed by atoms with E-state index in [2.05, 4.69) is 9.88 Å². The van der Waals surface area contributed by atoms with Gasteiger partial charge in [-0.25, -0.2) is 26.6 Å². The lowest BCUT2D eigenvalue weighted by atomic mass is 10.2. The number of halogens is 3. The molecule has 0 N–H and O–H groups in total. The molecule has 1 amide bonds. The van der Waals surface area contributed by atoms with Crippen molar-refractivity contribution in [1.29, 1.82) is 0 Å². The van der Waals surface area contributed by atoms with Gasteiger partial charge in [-0.05, 0) is 56.3 Å². The molecule has 1 aromatic heterocycles.